The van der Waals surface area contributed by atoms with Crippen LogP contribution in [-0.2, 0) is 11.2 Å². The fourth-order valence-corrected chi connectivity index (χ4v) is 2.94. The number of nitrogens with one attached hydrogen (secondary N) is 3. The number of hydrogen-bond acceptors (Lipinski definition) is 5. The van der Waals surface area contributed by atoms with Gasteiger partial charge in [-0.05, 0) is 60.5 Å². The molecule has 25 heavy (non-hydrogen) atoms. The normalized spacial score (nSPS) is 15.6. The number of carbonyl (C=O) groups excluding carboxylic acids is 1. The second-order valence-corrected chi connectivity index (χ2v) is 5.94. The molecule has 0 aromatic heterocycles. The quantitative estimate of drug-likeness (QED) is 0.538. The topological polar surface area (TPSA) is 93.6 Å². The van der Waals surface area contributed by atoms with Crippen molar-refractivity contribution in [3.63, 3.8) is 0 Å². The lowest BCUT2D eigenvalue weighted by Crippen LogP contribution is -2.34. The van der Waals surface area contributed by atoms with Crippen LogP contribution in [0.2, 0.25) is 0 Å². The standard InChI is InChI=1S/C18H21N3O3.ClH/c1-11(22)21-14-4-2-13(3-5-14)20-10-16-15-9-18(24)17(23)8-12(15)6-7-19-16;/h2-5,8-9,16,19-20,23-24H,6-7,10H2,1H3,(H,21,22);1H. The molecule has 1 aliphatic heterocycles. The number of rotatable bonds is 4. The minimum Gasteiger partial charge on any atom is -0.504 e. The van der Waals surface area contributed by atoms with Gasteiger partial charge in [-0.1, -0.05) is 0 Å². The summed E-state index contributed by atoms with van der Waals surface area (Å²) in [5.74, 6) is -0.264. The van der Waals surface area contributed by atoms with Crippen LogP contribution >= 0.6 is 12.4 Å². The van der Waals surface area contributed by atoms with Gasteiger partial charge in [0.2, 0.25) is 5.91 Å². The Morgan fingerprint density at radius 3 is 2.48 bits per heavy atom. The van der Waals surface area contributed by atoms with E-state index in [0.29, 0.717) is 6.54 Å². The van der Waals surface area contributed by atoms with Crippen LogP contribution < -0.4 is 16.0 Å². The summed E-state index contributed by atoms with van der Waals surface area (Å²) >= 11 is 0. The van der Waals surface area contributed by atoms with Crippen molar-refractivity contribution >= 4 is 29.7 Å². The first-order valence-corrected chi connectivity index (χ1v) is 7.92. The number of aromatic hydroxyl groups is 2. The lowest BCUT2D eigenvalue weighted by atomic mass is 9.93. The van der Waals surface area contributed by atoms with Gasteiger partial charge in [-0.15, -0.1) is 12.4 Å². The molecule has 1 atom stereocenters. The average molecular weight is 364 g/mol. The molecule has 0 saturated heterocycles. The Hall–Kier alpha value is -2.44. The first-order chi connectivity index (χ1) is 11.5. The zero-order chi connectivity index (χ0) is 17.1. The number of fused-ring (bicyclic) bond motifs is 1. The van der Waals surface area contributed by atoms with E-state index in [-0.39, 0.29) is 35.9 Å². The van der Waals surface area contributed by atoms with Crippen molar-refractivity contribution in [2.45, 2.75) is 19.4 Å². The van der Waals surface area contributed by atoms with E-state index in [1.54, 1.807) is 12.1 Å². The van der Waals surface area contributed by atoms with Gasteiger partial charge in [-0.2, -0.15) is 0 Å². The Labute approximate surface area is 152 Å². The number of carbonyl (C=O) groups is 1. The molecule has 7 heteroatoms. The van der Waals surface area contributed by atoms with Crippen LogP contribution in [0.4, 0.5) is 11.4 Å². The predicted octanol–water partition coefficient (Wildman–Crippen LogP) is 2.78. The van der Waals surface area contributed by atoms with Gasteiger partial charge in [0, 0.05) is 30.9 Å². The van der Waals surface area contributed by atoms with E-state index in [1.165, 1.54) is 6.92 Å². The molecule has 6 nitrogen and oxygen atoms in total. The summed E-state index contributed by atoms with van der Waals surface area (Å²) in [4.78, 5) is 11.0. The van der Waals surface area contributed by atoms with Gasteiger partial charge in [0.05, 0.1) is 0 Å². The number of phenolic OH excluding ortho intramolecular Hbond substituents is 2. The molecule has 0 fully saturated rings. The molecule has 134 valence electrons. The molecule has 1 aliphatic rings. The minimum atomic E-state index is -0.0956. The van der Waals surface area contributed by atoms with E-state index in [1.807, 2.05) is 24.3 Å². The molecule has 5 N–H and O–H groups in total. The van der Waals surface area contributed by atoms with Crippen molar-refractivity contribution in [1.29, 1.82) is 0 Å². The second-order valence-electron chi connectivity index (χ2n) is 5.94. The fraction of sp³-hybridized carbons (Fsp3) is 0.278. The van der Waals surface area contributed by atoms with Crippen LogP contribution in [0.25, 0.3) is 0 Å². The van der Waals surface area contributed by atoms with Crippen LogP contribution in [0.5, 0.6) is 11.5 Å². The van der Waals surface area contributed by atoms with Gasteiger partial charge >= 0.3 is 0 Å². The van der Waals surface area contributed by atoms with Crippen LogP contribution in [0.15, 0.2) is 36.4 Å². The van der Waals surface area contributed by atoms with Crippen LogP contribution in [-0.4, -0.2) is 29.2 Å². The first-order valence-electron chi connectivity index (χ1n) is 7.92. The number of phenols is 2. The van der Waals surface area contributed by atoms with Crippen molar-refractivity contribution in [3.05, 3.63) is 47.5 Å². The molecule has 0 bridgehead atoms. The van der Waals surface area contributed by atoms with Gasteiger partial charge in [-0.3, -0.25) is 4.79 Å². The number of halogens is 1. The van der Waals surface area contributed by atoms with Gasteiger partial charge in [0.25, 0.3) is 0 Å². The Balaban J connectivity index is 0.00000225. The van der Waals surface area contributed by atoms with Crippen LogP contribution in [0.1, 0.15) is 24.1 Å². The number of hydrogen-bond donors (Lipinski definition) is 5. The largest absolute Gasteiger partial charge is 0.504 e. The maximum Gasteiger partial charge on any atom is 0.221 e. The monoisotopic (exact) mass is 363 g/mol. The fourth-order valence-electron chi connectivity index (χ4n) is 2.94. The minimum absolute atomic E-state index is 0. The molecule has 1 heterocycles. The molecule has 0 spiro atoms. The Morgan fingerprint density at radius 2 is 1.80 bits per heavy atom. The third-order valence-corrected chi connectivity index (χ3v) is 4.11. The highest BCUT2D eigenvalue weighted by Gasteiger charge is 2.21. The third-order valence-electron chi connectivity index (χ3n) is 4.11. The smallest absolute Gasteiger partial charge is 0.221 e. The molecule has 0 aliphatic carbocycles. The Bertz CT molecular complexity index is 750. The van der Waals surface area contributed by atoms with Crippen molar-refractivity contribution in [3.8, 4) is 11.5 Å². The van der Waals surface area contributed by atoms with Crippen LogP contribution in [0.3, 0.4) is 0 Å². The van der Waals surface area contributed by atoms with Crippen molar-refractivity contribution < 1.29 is 15.0 Å². The molecule has 1 unspecified atom stereocenters. The van der Waals surface area contributed by atoms with Crippen molar-refractivity contribution in [1.82, 2.24) is 5.32 Å². The molecule has 3 rings (SSSR count). The Morgan fingerprint density at radius 1 is 1.16 bits per heavy atom. The second kappa shape index (κ2) is 8.09. The summed E-state index contributed by atoms with van der Waals surface area (Å²) in [5.41, 5.74) is 3.76. The highest BCUT2D eigenvalue weighted by molar-refractivity contribution is 5.88. The molecular formula is C18H22ClN3O3. The summed E-state index contributed by atoms with van der Waals surface area (Å²) < 4.78 is 0. The highest BCUT2D eigenvalue weighted by Crippen LogP contribution is 2.33. The maximum absolute atomic E-state index is 11.0. The van der Waals surface area contributed by atoms with Gasteiger partial charge in [-0.25, -0.2) is 0 Å². The summed E-state index contributed by atoms with van der Waals surface area (Å²) in [7, 11) is 0. The number of amides is 1. The van der Waals surface area contributed by atoms with Crippen LogP contribution in [0, 0.1) is 0 Å². The molecule has 2 aromatic rings. The summed E-state index contributed by atoms with van der Waals surface area (Å²) in [6.07, 6.45) is 0.824. The van der Waals surface area contributed by atoms with Gasteiger partial charge in [0.1, 0.15) is 0 Å². The summed E-state index contributed by atoms with van der Waals surface area (Å²) in [5, 5.41) is 28.9. The van der Waals surface area contributed by atoms with Crippen molar-refractivity contribution in [2.24, 2.45) is 0 Å². The van der Waals surface area contributed by atoms with E-state index in [4.69, 9.17) is 0 Å². The zero-order valence-corrected chi connectivity index (χ0v) is 14.7. The van der Waals surface area contributed by atoms with Gasteiger partial charge in [0.15, 0.2) is 11.5 Å². The van der Waals surface area contributed by atoms with E-state index >= 15 is 0 Å². The number of anilines is 2. The average Bonchev–Trinajstić information content (AvgIpc) is 2.55. The van der Waals surface area contributed by atoms with Crippen molar-refractivity contribution in [2.75, 3.05) is 23.7 Å². The van der Waals surface area contributed by atoms with E-state index in [9.17, 15) is 15.0 Å². The molecule has 1 amide bonds. The van der Waals surface area contributed by atoms with E-state index in [2.05, 4.69) is 16.0 Å². The highest BCUT2D eigenvalue weighted by atomic mass is 35.5. The van der Waals surface area contributed by atoms with Gasteiger partial charge < -0.3 is 26.2 Å². The molecular weight excluding hydrogens is 342 g/mol. The SMILES string of the molecule is CC(=O)Nc1ccc(NCC2NCCc3cc(O)c(O)cc32)cc1.Cl. The molecule has 0 saturated carbocycles. The maximum atomic E-state index is 11.0. The molecule has 0 radical (unpaired) electrons. The summed E-state index contributed by atoms with van der Waals surface area (Å²) in [6.45, 7) is 2.95. The lowest BCUT2D eigenvalue weighted by Gasteiger charge is -2.28. The third kappa shape index (κ3) is 4.55. The Kier molecular flexibility index (Phi) is 6.12. The van der Waals surface area contributed by atoms with E-state index in [0.717, 1.165) is 35.5 Å². The van der Waals surface area contributed by atoms with E-state index < -0.39 is 0 Å². The predicted molar refractivity (Wildman–Crippen MR) is 101 cm³/mol. The first kappa shape index (κ1) is 18.9. The number of benzene rings is 2. The zero-order valence-electron chi connectivity index (χ0n) is 13.9. The lowest BCUT2D eigenvalue weighted by molar-refractivity contribution is -0.114. The summed E-state index contributed by atoms with van der Waals surface area (Å²) in [6, 6.07) is 10.8. The molecule has 2 aromatic carbocycles.